The number of thiophene rings is 1. The van der Waals surface area contributed by atoms with Gasteiger partial charge in [-0.25, -0.2) is 0 Å². The standard InChI is InChI=1S/C20H18ClN5O2S/c21-19-2-1-18(29-19)17-8-15(24-28-17)11-26-6-5-25(12-20(26)27)10-14-7-13-9-22-4-3-16(13)23-14/h1-4,7-9,23H,5-6,10-12H2. The van der Waals surface area contributed by atoms with Crippen LogP contribution in [-0.2, 0) is 17.9 Å². The molecule has 0 aromatic carbocycles. The molecule has 1 saturated heterocycles. The summed E-state index contributed by atoms with van der Waals surface area (Å²) in [6, 6.07) is 9.66. The van der Waals surface area contributed by atoms with E-state index in [0.717, 1.165) is 33.7 Å². The third-order valence-electron chi connectivity index (χ3n) is 5.00. The van der Waals surface area contributed by atoms with Crippen molar-refractivity contribution in [2.75, 3.05) is 19.6 Å². The molecule has 1 fully saturated rings. The number of piperazine rings is 1. The molecule has 1 aliphatic rings. The lowest BCUT2D eigenvalue weighted by molar-refractivity contribution is -0.137. The van der Waals surface area contributed by atoms with E-state index < -0.39 is 0 Å². The summed E-state index contributed by atoms with van der Waals surface area (Å²) in [5.41, 5.74) is 2.90. The number of rotatable bonds is 5. The van der Waals surface area contributed by atoms with Crippen molar-refractivity contribution < 1.29 is 9.32 Å². The summed E-state index contributed by atoms with van der Waals surface area (Å²) in [6.07, 6.45) is 3.61. The predicted octanol–water partition coefficient (Wildman–Crippen LogP) is 3.78. The topological polar surface area (TPSA) is 78.3 Å². The lowest BCUT2D eigenvalue weighted by Gasteiger charge is -2.33. The molecule has 0 spiro atoms. The van der Waals surface area contributed by atoms with Crippen molar-refractivity contribution >= 4 is 39.7 Å². The molecule has 4 aromatic rings. The van der Waals surface area contributed by atoms with Gasteiger partial charge >= 0.3 is 0 Å². The molecule has 4 aromatic heterocycles. The van der Waals surface area contributed by atoms with Crippen LogP contribution in [0.15, 0.2) is 47.2 Å². The minimum Gasteiger partial charge on any atom is -0.357 e. The minimum atomic E-state index is 0.0951. The quantitative estimate of drug-likeness (QED) is 0.524. The molecule has 7 nitrogen and oxygen atoms in total. The Balaban J connectivity index is 1.20. The molecule has 0 unspecified atom stereocenters. The molecule has 1 N–H and O–H groups in total. The molecule has 0 saturated carbocycles. The Morgan fingerprint density at radius 1 is 1.21 bits per heavy atom. The van der Waals surface area contributed by atoms with E-state index in [2.05, 4.69) is 26.1 Å². The maximum absolute atomic E-state index is 12.6. The molecule has 5 heterocycles. The Morgan fingerprint density at radius 3 is 2.93 bits per heavy atom. The van der Waals surface area contributed by atoms with Crippen LogP contribution in [0.25, 0.3) is 21.5 Å². The van der Waals surface area contributed by atoms with Crippen molar-refractivity contribution in [3.05, 3.63) is 58.4 Å². The van der Waals surface area contributed by atoms with Crippen LogP contribution in [0.2, 0.25) is 4.34 Å². The Hall–Kier alpha value is -2.68. The molecule has 0 aliphatic carbocycles. The van der Waals surface area contributed by atoms with E-state index in [1.54, 1.807) is 6.20 Å². The van der Waals surface area contributed by atoms with Crippen molar-refractivity contribution in [2.24, 2.45) is 0 Å². The first-order valence-electron chi connectivity index (χ1n) is 9.27. The summed E-state index contributed by atoms with van der Waals surface area (Å²) in [5, 5.41) is 5.20. The van der Waals surface area contributed by atoms with E-state index in [1.807, 2.05) is 35.4 Å². The van der Waals surface area contributed by atoms with Gasteiger partial charge in [0.05, 0.1) is 22.3 Å². The molecule has 0 atom stereocenters. The second kappa shape index (κ2) is 7.62. The van der Waals surface area contributed by atoms with Crippen LogP contribution in [0.3, 0.4) is 0 Å². The molecule has 0 bridgehead atoms. The number of nitrogens with zero attached hydrogens (tertiary/aromatic N) is 4. The number of H-pyrrole nitrogens is 1. The summed E-state index contributed by atoms with van der Waals surface area (Å²) in [5.74, 6) is 0.772. The second-order valence-electron chi connectivity index (χ2n) is 7.07. The first-order chi connectivity index (χ1) is 14.1. The summed E-state index contributed by atoms with van der Waals surface area (Å²) in [7, 11) is 0. The maximum atomic E-state index is 12.6. The average molecular weight is 428 g/mol. The molecular formula is C20H18ClN5O2S. The van der Waals surface area contributed by atoms with Gasteiger partial charge in [-0.15, -0.1) is 11.3 Å². The normalized spacial score (nSPS) is 15.5. The number of aromatic nitrogens is 3. The predicted molar refractivity (Wildman–Crippen MR) is 112 cm³/mol. The van der Waals surface area contributed by atoms with E-state index in [-0.39, 0.29) is 5.91 Å². The van der Waals surface area contributed by atoms with Gasteiger partial charge in [0, 0.05) is 54.7 Å². The smallest absolute Gasteiger partial charge is 0.237 e. The number of carbonyl (C=O) groups excluding carboxylic acids is 1. The number of amides is 1. The lowest BCUT2D eigenvalue weighted by atomic mass is 10.2. The molecule has 1 amide bonds. The highest BCUT2D eigenvalue weighted by Crippen LogP contribution is 2.31. The van der Waals surface area contributed by atoms with Gasteiger partial charge in [-0.3, -0.25) is 14.7 Å². The van der Waals surface area contributed by atoms with E-state index in [4.69, 9.17) is 16.1 Å². The zero-order valence-electron chi connectivity index (χ0n) is 15.5. The van der Waals surface area contributed by atoms with Crippen molar-refractivity contribution in [3.63, 3.8) is 0 Å². The third kappa shape index (κ3) is 3.91. The number of fused-ring (bicyclic) bond motifs is 1. The summed E-state index contributed by atoms with van der Waals surface area (Å²) in [6.45, 7) is 3.02. The Kier molecular flexibility index (Phi) is 4.83. The van der Waals surface area contributed by atoms with Gasteiger partial charge in [0.15, 0.2) is 5.76 Å². The van der Waals surface area contributed by atoms with E-state index >= 15 is 0 Å². The maximum Gasteiger partial charge on any atom is 0.237 e. The highest BCUT2D eigenvalue weighted by atomic mass is 35.5. The van der Waals surface area contributed by atoms with Crippen LogP contribution in [-0.4, -0.2) is 50.5 Å². The van der Waals surface area contributed by atoms with Crippen LogP contribution < -0.4 is 0 Å². The zero-order chi connectivity index (χ0) is 19.8. The van der Waals surface area contributed by atoms with Crippen LogP contribution >= 0.6 is 22.9 Å². The van der Waals surface area contributed by atoms with E-state index in [0.29, 0.717) is 36.3 Å². The number of hydrogen-bond donors (Lipinski definition) is 1. The monoisotopic (exact) mass is 427 g/mol. The van der Waals surface area contributed by atoms with Gasteiger partial charge in [-0.1, -0.05) is 16.8 Å². The van der Waals surface area contributed by atoms with Gasteiger partial charge < -0.3 is 14.4 Å². The Labute approximate surface area is 175 Å². The van der Waals surface area contributed by atoms with Crippen LogP contribution in [0.1, 0.15) is 11.4 Å². The molecular weight excluding hydrogens is 410 g/mol. The van der Waals surface area contributed by atoms with E-state index in [1.165, 1.54) is 11.3 Å². The van der Waals surface area contributed by atoms with Crippen LogP contribution in [0, 0.1) is 0 Å². The fraction of sp³-hybridized carbons (Fsp3) is 0.250. The van der Waals surface area contributed by atoms with Gasteiger partial charge in [0.25, 0.3) is 0 Å². The molecule has 29 heavy (non-hydrogen) atoms. The summed E-state index contributed by atoms with van der Waals surface area (Å²) in [4.78, 5) is 25.1. The molecule has 1 aliphatic heterocycles. The zero-order valence-corrected chi connectivity index (χ0v) is 17.0. The van der Waals surface area contributed by atoms with E-state index in [9.17, 15) is 4.79 Å². The average Bonchev–Trinajstić information content (AvgIpc) is 3.43. The first kappa shape index (κ1) is 18.4. The Bertz CT molecular complexity index is 1130. The van der Waals surface area contributed by atoms with Gasteiger partial charge in [0.2, 0.25) is 5.91 Å². The fourth-order valence-corrected chi connectivity index (χ4v) is 4.55. The van der Waals surface area contributed by atoms with Crippen LogP contribution in [0.5, 0.6) is 0 Å². The van der Waals surface area contributed by atoms with Gasteiger partial charge in [0.1, 0.15) is 5.69 Å². The number of halogens is 1. The lowest BCUT2D eigenvalue weighted by Crippen LogP contribution is -2.49. The molecule has 0 radical (unpaired) electrons. The second-order valence-corrected chi connectivity index (χ2v) is 8.78. The molecule has 5 rings (SSSR count). The highest BCUT2D eigenvalue weighted by molar-refractivity contribution is 7.19. The van der Waals surface area contributed by atoms with Crippen molar-refractivity contribution in [3.8, 4) is 10.6 Å². The third-order valence-corrected chi connectivity index (χ3v) is 6.24. The molecule has 148 valence electrons. The number of hydrogen-bond acceptors (Lipinski definition) is 6. The SMILES string of the molecule is O=C1CN(Cc2cc3cnccc3[nH]2)CCN1Cc1cc(-c2ccc(Cl)s2)on1. The highest BCUT2D eigenvalue weighted by Gasteiger charge is 2.25. The first-order valence-corrected chi connectivity index (χ1v) is 10.5. The number of nitrogens with one attached hydrogen (secondary N) is 1. The number of pyridine rings is 1. The molecule has 9 heteroatoms. The van der Waals surface area contributed by atoms with Gasteiger partial charge in [-0.2, -0.15) is 0 Å². The Morgan fingerprint density at radius 2 is 2.14 bits per heavy atom. The van der Waals surface area contributed by atoms with Crippen molar-refractivity contribution in [1.29, 1.82) is 0 Å². The largest absolute Gasteiger partial charge is 0.357 e. The number of carbonyl (C=O) groups is 1. The van der Waals surface area contributed by atoms with Crippen LogP contribution in [0.4, 0.5) is 0 Å². The minimum absolute atomic E-state index is 0.0951. The fourth-order valence-electron chi connectivity index (χ4n) is 3.56. The number of aromatic amines is 1. The summed E-state index contributed by atoms with van der Waals surface area (Å²) >= 11 is 7.42. The van der Waals surface area contributed by atoms with Crippen molar-refractivity contribution in [1.82, 2.24) is 24.9 Å². The summed E-state index contributed by atoms with van der Waals surface area (Å²) < 4.78 is 6.12. The van der Waals surface area contributed by atoms with Gasteiger partial charge in [-0.05, 0) is 24.3 Å². The van der Waals surface area contributed by atoms with Crippen molar-refractivity contribution in [2.45, 2.75) is 13.1 Å².